The number of hydrogen-bond donors (Lipinski definition) is 1. The van der Waals surface area contributed by atoms with Crippen molar-refractivity contribution in [1.82, 2.24) is 4.90 Å². The van der Waals surface area contributed by atoms with Crippen LogP contribution in [0.25, 0.3) is 6.08 Å². The molecule has 4 heteroatoms. The molecule has 1 heterocycles. The number of methoxy groups -OCH3 is 1. The summed E-state index contributed by atoms with van der Waals surface area (Å²) in [5.74, 6) is 1.27. The molecule has 1 amide bonds. The van der Waals surface area contributed by atoms with Crippen LogP contribution in [0.15, 0.2) is 54.6 Å². The molecule has 0 radical (unpaired) electrons. The minimum atomic E-state index is -0.711. The van der Waals surface area contributed by atoms with Crippen LogP contribution in [-0.4, -0.2) is 35.2 Å². The van der Waals surface area contributed by atoms with Crippen molar-refractivity contribution in [2.24, 2.45) is 5.92 Å². The molecule has 2 aromatic rings. The molecule has 4 nitrogen and oxygen atoms in total. The van der Waals surface area contributed by atoms with E-state index in [0.717, 1.165) is 42.6 Å². The first-order chi connectivity index (χ1) is 15.4. The normalized spacial score (nSPS) is 25.7. The number of hydrogen-bond acceptors (Lipinski definition) is 3. The Bertz CT molecular complexity index is 965. The summed E-state index contributed by atoms with van der Waals surface area (Å²) < 4.78 is 5.66. The molecule has 2 fully saturated rings. The van der Waals surface area contributed by atoms with Crippen molar-refractivity contribution in [1.29, 1.82) is 0 Å². The summed E-state index contributed by atoms with van der Waals surface area (Å²) in [6, 6.07) is 16.1. The molecule has 1 aliphatic heterocycles. The van der Waals surface area contributed by atoms with Gasteiger partial charge >= 0.3 is 0 Å². The van der Waals surface area contributed by atoms with E-state index in [1.165, 1.54) is 5.56 Å². The summed E-state index contributed by atoms with van der Waals surface area (Å²) in [5.41, 5.74) is 2.58. The van der Waals surface area contributed by atoms with E-state index in [1.807, 2.05) is 35.2 Å². The number of para-hydroxylation sites is 1. The van der Waals surface area contributed by atoms with Gasteiger partial charge in [0.1, 0.15) is 5.75 Å². The van der Waals surface area contributed by atoms with Gasteiger partial charge in [0.05, 0.1) is 18.8 Å². The molecule has 0 unspecified atom stereocenters. The Labute approximate surface area is 191 Å². The predicted octanol–water partition coefficient (Wildman–Crippen LogP) is 5.73. The Morgan fingerprint density at radius 1 is 1.12 bits per heavy atom. The van der Waals surface area contributed by atoms with E-state index in [1.54, 1.807) is 13.2 Å². The Morgan fingerprint density at radius 3 is 2.59 bits per heavy atom. The molecule has 1 saturated heterocycles. The summed E-state index contributed by atoms with van der Waals surface area (Å²) in [6.07, 6.45) is 8.07. The molecule has 0 bridgehead atoms. The largest absolute Gasteiger partial charge is 0.496 e. The Balaban J connectivity index is 1.64. The molecular weight excluding hydrogens is 398 g/mol. The number of ether oxygens (including phenoxy) is 1. The van der Waals surface area contributed by atoms with E-state index in [0.29, 0.717) is 18.9 Å². The predicted molar refractivity (Wildman–Crippen MR) is 129 cm³/mol. The first-order valence-electron chi connectivity index (χ1n) is 11.9. The van der Waals surface area contributed by atoms with E-state index < -0.39 is 5.60 Å². The van der Waals surface area contributed by atoms with E-state index in [2.05, 4.69) is 38.1 Å². The second-order valence-electron chi connectivity index (χ2n) is 9.58. The van der Waals surface area contributed by atoms with Crippen molar-refractivity contribution in [2.75, 3.05) is 13.7 Å². The monoisotopic (exact) mass is 433 g/mol. The maximum Gasteiger partial charge on any atom is 0.247 e. The van der Waals surface area contributed by atoms with Crippen molar-refractivity contribution in [3.05, 3.63) is 71.3 Å². The second kappa shape index (κ2) is 9.50. The van der Waals surface area contributed by atoms with Crippen molar-refractivity contribution in [3.63, 3.8) is 0 Å². The van der Waals surface area contributed by atoms with Crippen LogP contribution in [0.3, 0.4) is 0 Å². The van der Waals surface area contributed by atoms with Crippen molar-refractivity contribution >= 4 is 12.0 Å². The van der Waals surface area contributed by atoms with Crippen molar-refractivity contribution in [2.45, 2.75) is 63.5 Å². The number of carbonyl (C=O) groups excluding carboxylic acids is 1. The minimum Gasteiger partial charge on any atom is -0.496 e. The van der Waals surface area contributed by atoms with Crippen LogP contribution in [0.5, 0.6) is 5.75 Å². The molecule has 32 heavy (non-hydrogen) atoms. The first-order valence-corrected chi connectivity index (χ1v) is 11.9. The molecule has 2 aromatic carbocycles. The number of carbonyl (C=O) groups is 1. The highest BCUT2D eigenvalue weighted by Crippen LogP contribution is 2.50. The summed E-state index contributed by atoms with van der Waals surface area (Å²) in [4.78, 5) is 15.4. The summed E-state index contributed by atoms with van der Waals surface area (Å²) in [7, 11) is 1.67. The number of rotatable bonds is 5. The third-order valence-corrected chi connectivity index (χ3v) is 7.33. The van der Waals surface area contributed by atoms with Crippen LogP contribution in [0.4, 0.5) is 0 Å². The molecule has 1 saturated carbocycles. The van der Waals surface area contributed by atoms with Gasteiger partial charge in [-0.2, -0.15) is 0 Å². The first kappa shape index (κ1) is 22.6. The Kier molecular flexibility index (Phi) is 6.71. The van der Waals surface area contributed by atoms with Gasteiger partial charge in [-0.3, -0.25) is 4.79 Å². The molecule has 170 valence electrons. The highest BCUT2D eigenvalue weighted by Gasteiger charge is 2.50. The fourth-order valence-electron chi connectivity index (χ4n) is 5.48. The van der Waals surface area contributed by atoms with Gasteiger partial charge in [-0.05, 0) is 48.4 Å². The fraction of sp³-hybridized carbons (Fsp3) is 0.464. The number of fused-ring (bicyclic) bond motifs is 1. The van der Waals surface area contributed by atoms with E-state index in [4.69, 9.17) is 4.74 Å². The number of aliphatic hydroxyl groups is 1. The lowest BCUT2D eigenvalue weighted by atomic mass is 9.66. The van der Waals surface area contributed by atoms with Gasteiger partial charge in [-0.25, -0.2) is 0 Å². The van der Waals surface area contributed by atoms with Crippen LogP contribution in [0.2, 0.25) is 0 Å². The van der Waals surface area contributed by atoms with Crippen LogP contribution >= 0.6 is 0 Å². The second-order valence-corrected chi connectivity index (χ2v) is 9.58. The molecular formula is C28H35NO3. The highest BCUT2D eigenvalue weighted by atomic mass is 16.5. The molecule has 3 atom stereocenters. The average molecular weight is 434 g/mol. The smallest absolute Gasteiger partial charge is 0.247 e. The van der Waals surface area contributed by atoms with Gasteiger partial charge < -0.3 is 14.7 Å². The molecule has 1 aliphatic carbocycles. The summed E-state index contributed by atoms with van der Waals surface area (Å²) in [5, 5.41) is 11.5. The number of benzene rings is 2. The van der Waals surface area contributed by atoms with Gasteiger partial charge in [0, 0.05) is 24.1 Å². The summed E-state index contributed by atoms with van der Waals surface area (Å²) in [6.45, 7) is 4.90. The van der Waals surface area contributed by atoms with E-state index >= 15 is 0 Å². The maximum atomic E-state index is 13.4. The molecule has 1 N–H and O–H groups in total. The number of likely N-dealkylation sites (tertiary alicyclic amines) is 1. The van der Waals surface area contributed by atoms with Crippen LogP contribution < -0.4 is 4.74 Å². The quantitative estimate of drug-likeness (QED) is 0.613. The summed E-state index contributed by atoms with van der Waals surface area (Å²) >= 11 is 0. The molecule has 0 spiro atoms. The number of nitrogens with zero attached hydrogens (tertiary/aromatic N) is 1. The SMILES string of the molecule is COc1ccccc1[C@H]1[C@@H]2CCCC[C@@]2(O)CCN1C(=O)/C=C/c1ccc(C(C)C)cc1. The highest BCUT2D eigenvalue weighted by molar-refractivity contribution is 5.92. The van der Waals surface area contributed by atoms with Gasteiger partial charge in [-0.15, -0.1) is 0 Å². The van der Waals surface area contributed by atoms with Gasteiger partial charge in [0.15, 0.2) is 0 Å². The van der Waals surface area contributed by atoms with Crippen LogP contribution in [0, 0.1) is 5.92 Å². The number of amides is 1. The van der Waals surface area contributed by atoms with Gasteiger partial charge in [0.25, 0.3) is 0 Å². The Hall–Kier alpha value is -2.59. The van der Waals surface area contributed by atoms with E-state index in [-0.39, 0.29) is 17.9 Å². The number of piperidine rings is 1. The third kappa shape index (κ3) is 4.47. The average Bonchev–Trinajstić information content (AvgIpc) is 2.81. The fourth-order valence-corrected chi connectivity index (χ4v) is 5.48. The maximum absolute atomic E-state index is 13.4. The zero-order valence-corrected chi connectivity index (χ0v) is 19.5. The van der Waals surface area contributed by atoms with Crippen molar-refractivity contribution in [3.8, 4) is 5.75 Å². The zero-order valence-electron chi connectivity index (χ0n) is 19.5. The lowest BCUT2D eigenvalue weighted by Crippen LogP contribution is -2.56. The minimum absolute atomic E-state index is 0.0125. The van der Waals surface area contributed by atoms with Crippen LogP contribution in [0.1, 0.15) is 74.6 Å². The van der Waals surface area contributed by atoms with Gasteiger partial charge in [0.2, 0.25) is 5.91 Å². The lowest BCUT2D eigenvalue weighted by molar-refractivity contribution is -0.151. The van der Waals surface area contributed by atoms with Crippen molar-refractivity contribution < 1.29 is 14.6 Å². The zero-order chi connectivity index (χ0) is 22.7. The molecule has 0 aromatic heterocycles. The van der Waals surface area contributed by atoms with E-state index in [9.17, 15) is 9.90 Å². The lowest BCUT2D eigenvalue weighted by Gasteiger charge is -2.52. The van der Waals surface area contributed by atoms with Crippen LogP contribution in [-0.2, 0) is 4.79 Å². The van der Waals surface area contributed by atoms with Gasteiger partial charge in [-0.1, -0.05) is 69.2 Å². The Morgan fingerprint density at radius 2 is 1.88 bits per heavy atom. The molecule has 2 aliphatic rings. The molecule has 4 rings (SSSR count). The standard InChI is InChI=1S/C28H35NO3/c1-20(2)22-14-11-21(12-15-22)13-16-26(30)29-19-18-28(31)17-7-6-9-24(28)27(29)23-8-4-5-10-25(23)32-3/h4-5,8,10-16,20,24,27,31H,6-7,9,17-19H2,1-3H3/b16-13+/t24-,27-,28+/m0/s1. The topological polar surface area (TPSA) is 49.8 Å². The third-order valence-electron chi connectivity index (χ3n) is 7.33.